The van der Waals surface area contributed by atoms with E-state index in [1.165, 1.54) is 25.0 Å². The quantitative estimate of drug-likeness (QED) is 0.741. The van der Waals surface area contributed by atoms with Crippen LogP contribution in [0.1, 0.15) is 45.1 Å². The van der Waals surface area contributed by atoms with Gasteiger partial charge in [-0.3, -0.25) is 0 Å². The minimum Gasteiger partial charge on any atom is -0.493 e. The van der Waals surface area contributed by atoms with E-state index >= 15 is 0 Å². The number of ether oxygens (including phenoxy) is 1. The SMILES string of the molecule is CC(C)(C#N)CCCOc1ccc(F)cc1CNC1CC1. The van der Waals surface area contributed by atoms with E-state index in [2.05, 4.69) is 11.4 Å². The maximum absolute atomic E-state index is 13.4. The molecule has 1 aromatic carbocycles. The van der Waals surface area contributed by atoms with E-state index in [0.717, 1.165) is 24.2 Å². The Hall–Kier alpha value is -1.60. The van der Waals surface area contributed by atoms with Crippen LogP contribution in [0.4, 0.5) is 4.39 Å². The molecule has 1 saturated carbocycles. The second-order valence-electron chi connectivity index (χ2n) is 6.35. The van der Waals surface area contributed by atoms with Crippen LogP contribution in [-0.2, 0) is 6.54 Å². The Bertz CT molecular complexity index is 518. The summed E-state index contributed by atoms with van der Waals surface area (Å²) in [6, 6.07) is 7.51. The first kappa shape index (κ1) is 15.8. The molecular formula is C17H23FN2O. The van der Waals surface area contributed by atoms with E-state index in [1.54, 1.807) is 6.07 Å². The van der Waals surface area contributed by atoms with E-state index in [4.69, 9.17) is 10.00 Å². The van der Waals surface area contributed by atoms with Crippen molar-refractivity contribution < 1.29 is 9.13 Å². The van der Waals surface area contributed by atoms with Crippen LogP contribution in [0.25, 0.3) is 0 Å². The van der Waals surface area contributed by atoms with Crippen LogP contribution in [0, 0.1) is 22.6 Å². The first-order valence-electron chi connectivity index (χ1n) is 7.56. The molecule has 0 amide bonds. The van der Waals surface area contributed by atoms with Gasteiger partial charge in [0.2, 0.25) is 0 Å². The highest BCUT2D eigenvalue weighted by Gasteiger charge is 2.21. The molecule has 0 aromatic heterocycles. The number of halogens is 1. The molecule has 1 aromatic rings. The highest BCUT2D eigenvalue weighted by molar-refractivity contribution is 5.34. The molecule has 0 unspecified atom stereocenters. The van der Waals surface area contributed by atoms with Gasteiger partial charge in [0.05, 0.1) is 18.1 Å². The molecule has 3 nitrogen and oxygen atoms in total. The normalized spacial score (nSPS) is 14.8. The molecule has 0 spiro atoms. The van der Waals surface area contributed by atoms with Crippen LogP contribution in [0.2, 0.25) is 0 Å². The summed E-state index contributed by atoms with van der Waals surface area (Å²) in [7, 11) is 0. The summed E-state index contributed by atoms with van der Waals surface area (Å²) in [6.07, 6.45) is 4.01. The number of nitrogens with one attached hydrogen (secondary N) is 1. The fourth-order valence-corrected chi connectivity index (χ4v) is 2.12. The zero-order valence-corrected chi connectivity index (χ0v) is 12.8. The van der Waals surface area contributed by atoms with Crippen molar-refractivity contribution in [1.29, 1.82) is 5.26 Å². The number of nitrogens with zero attached hydrogens (tertiary/aromatic N) is 1. The summed E-state index contributed by atoms with van der Waals surface area (Å²) in [5, 5.41) is 12.3. The lowest BCUT2D eigenvalue weighted by molar-refractivity contribution is 0.281. The largest absolute Gasteiger partial charge is 0.493 e. The van der Waals surface area contributed by atoms with Gasteiger partial charge in [-0.1, -0.05) is 0 Å². The van der Waals surface area contributed by atoms with Crippen LogP contribution in [0.5, 0.6) is 5.75 Å². The molecule has 1 aliphatic rings. The molecule has 0 saturated heterocycles. The van der Waals surface area contributed by atoms with Crippen LogP contribution in [0.15, 0.2) is 18.2 Å². The standard InChI is InChI=1S/C17H23FN2O/c1-17(2,12-19)8-3-9-21-16-7-4-14(18)10-13(16)11-20-15-5-6-15/h4,7,10,15,20H,3,5-6,8-9,11H2,1-2H3. The fraction of sp³-hybridized carbons (Fsp3) is 0.588. The topological polar surface area (TPSA) is 45.0 Å². The molecule has 114 valence electrons. The van der Waals surface area contributed by atoms with Crippen molar-refractivity contribution in [2.24, 2.45) is 5.41 Å². The molecule has 0 aliphatic heterocycles. The van der Waals surface area contributed by atoms with Gasteiger partial charge in [0.25, 0.3) is 0 Å². The lowest BCUT2D eigenvalue weighted by Gasteiger charge is -2.16. The lowest BCUT2D eigenvalue weighted by Crippen LogP contribution is -2.16. The van der Waals surface area contributed by atoms with Gasteiger partial charge in [-0.2, -0.15) is 5.26 Å². The summed E-state index contributed by atoms with van der Waals surface area (Å²) in [5.41, 5.74) is 0.545. The minimum atomic E-state index is -0.317. The van der Waals surface area contributed by atoms with Crippen LogP contribution in [-0.4, -0.2) is 12.6 Å². The van der Waals surface area contributed by atoms with Gasteiger partial charge in [-0.05, 0) is 57.7 Å². The van der Waals surface area contributed by atoms with E-state index in [9.17, 15) is 4.39 Å². The molecule has 21 heavy (non-hydrogen) atoms. The molecule has 0 atom stereocenters. The Morgan fingerprint density at radius 1 is 1.43 bits per heavy atom. The van der Waals surface area contributed by atoms with Crippen molar-refractivity contribution in [3.05, 3.63) is 29.6 Å². The highest BCUT2D eigenvalue weighted by atomic mass is 19.1. The molecule has 1 fully saturated rings. The summed E-state index contributed by atoms with van der Waals surface area (Å²) in [6.45, 7) is 5.04. The van der Waals surface area contributed by atoms with Gasteiger partial charge in [0.15, 0.2) is 0 Å². The Morgan fingerprint density at radius 3 is 2.86 bits per heavy atom. The molecule has 4 heteroatoms. The Kier molecular flexibility index (Phi) is 5.19. The maximum Gasteiger partial charge on any atom is 0.123 e. The van der Waals surface area contributed by atoms with Crippen LogP contribution < -0.4 is 10.1 Å². The minimum absolute atomic E-state index is 0.236. The van der Waals surface area contributed by atoms with Crippen molar-refractivity contribution in [3.63, 3.8) is 0 Å². The van der Waals surface area contributed by atoms with Gasteiger partial charge in [-0.15, -0.1) is 0 Å². The monoisotopic (exact) mass is 290 g/mol. The van der Waals surface area contributed by atoms with Crippen molar-refractivity contribution in [1.82, 2.24) is 5.32 Å². The third-order valence-corrected chi connectivity index (χ3v) is 3.69. The number of rotatable bonds is 8. The average molecular weight is 290 g/mol. The summed E-state index contributed by atoms with van der Waals surface area (Å²) < 4.78 is 19.1. The average Bonchev–Trinajstić information content (AvgIpc) is 3.27. The summed E-state index contributed by atoms with van der Waals surface area (Å²) in [4.78, 5) is 0. The summed E-state index contributed by atoms with van der Waals surface area (Å²) >= 11 is 0. The van der Waals surface area contributed by atoms with E-state index in [1.807, 2.05) is 13.8 Å². The van der Waals surface area contributed by atoms with Crippen LogP contribution in [0.3, 0.4) is 0 Å². The molecular weight excluding hydrogens is 267 g/mol. The molecule has 2 rings (SSSR count). The molecule has 0 heterocycles. The molecule has 0 bridgehead atoms. The predicted molar refractivity (Wildman–Crippen MR) is 80.4 cm³/mol. The van der Waals surface area contributed by atoms with Crippen molar-refractivity contribution in [2.75, 3.05) is 6.61 Å². The maximum atomic E-state index is 13.4. The fourth-order valence-electron chi connectivity index (χ4n) is 2.12. The highest BCUT2D eigenvalue weighted by Crippen LogP contribution is 2.25. The van der Waals surface area contributed by atoms with Crippen molar-refractivity contribution >= 4 is 0 Å². The second-order valence-corrected chi connectivity index (χ2v) is 6.35. The van der Waals surface area contributed by atoms with Gasteiger partial charge < -0.3 is 10.1 Å². The zero-order chi connectivity index (χ0) is 15.3. The van der Waals surface area contributed by atoms with Crippen LogP contribution >= 0.6 is 0 Å². The lowest BCUT2D eigenvalue weighted by atomic mass is 9.90. The first-order valence-corrected chi connectivity index (χ1v) is 7.56. The van der Waals surface area contributed by atoms with Crippen molar-refractivity contribution in [3.8, 4) is 11.8 Å². The summed E-state index contributed by atoms with van der Waals surface area (Å²) in [5.74, 6) is 0.500. The van der Waals surface area contributed by atoms with Crippen molar-refractivity contribution in [2.45, 2.75) is 52.1 Å². The number of nitriles is 1. The molecule has 1 N–H and O–H groups in total. The Labute approximate surface area is 126 Å². The zero-order valence-electron chi connectivity index (χ0n) is 12.8. The second kappa shape index (κ2) is 6.91. The van der Waals surface area contributed by atoms with Gasteiger partial charge >= 0.3 is 0 Å². The van der Waals surface area contributed by atoms with E-state index in [-0.39, 0.29) is 11.2 Å². The predicted octanol–water partition coefficient (Wildman–Crippen LogP) is 3.79. The first-order chi connectivity index (χ1) is 10.00. The molecule has 1 aliphatic carbocycles. The van der Waals surface area contributed by atoms with Gasteiger partial charge in [-0.25, -0.2) is 4.39 Å². The molecule has 0 radical (unpaired) electrons. The van der Waals surface area contributed by atoms with Gasteiger partial charge in [0, 0.05) is 18.2 Å². The number of benzene rings is 1. The van der Waals surface area contributed by atoms with E-state index in [0.29, 0.717) is 19.2 Å². The number of hydrogen-bond acceptors (Lipinski definition) is 3. The van der Waals surface area contributed by atoms with E-state index < -0.39 is 0 Å². The third-order valence-electron chi connectivity index (χ3n) is 3.69. The van der Waals surface area contributed by atoms with Gasteiger partial charge in [0.1, 0.15) is 11.6 Å². The number of hydrogen-bond donors (Lipinski definition) is 1. The third kappa shape index (κ3) is 5.35. The Balaban J connectivity index is 1.85. The smallest absolute Gasteiger partial charge is 0.123 e. The Morgan fingerprint density at radius 2 is 2.19 bits per heavy atom.